The first kappa shape index (κ1) is 9.40. The van der Waals surface area contributed by atoms with Crippen LogP contribution >= 0.6 is 0 Å². The molecule has 2 unspecified atom stereocenters. The van der Waals surface area contributed by atoms with Gasteiger partial charge in [-0.2, -0.15) is 0 Å². The lowest BCUT2D eigenvalue weighted by atomic mass is 10.0. The van der Waals surface area contributed by atoms with Crippen LogP contribution in [0.25, 0.3) is 0 Å². The molecular weight excluding hydrogens is 188 g/mol. The van der Waals surface area contributed by atoms with Crippen molar-refractivity contribution in [2.75, 3.05) is 7.05 Å². The quantitative estimate of drug-likeness (QED) is 0.824. The summed E-state index contributed by atoms with van der Waals surface area (Å²) in [7, 11) is 1.92. The summed E-state index contributed by atoms with van der Waals surface area (Å²) in [6, 6.07) is 0. The number of fused-ring (bicyclic) bond motifs is 1. The van der Waals surface area contributed by atoms with Crippen LogP contribution in [0.2, 0.25) is 0 Å². The van der Waals surface area contributed by atoms with Gasteiger partial charge in [-0.25, -0.2) is 4.98 Å². The summed E-state index contributed by atoms with van der Waals surface area (Å²) in [6.45, 7) is 0.738. The zero-order valence-electron chi connectivity index (χ0n) is 9.20. The normalized spacial score (nSPS) is 33.8. The van der Waals surface area contributed by atoms with Crippen LogP contribution in [0.15, 0.2) is 10.6 Å². The molecule has 3 nitrogen and oxygen atoms in total. The molecule has 0 aromatic carbocycles. The van der Waals surface area contributed by atoms with Crippen molar-refractivity contribution in [3.8, 4) is 0 Å². The lowest BCUT2D eigenvalue weighted by Gasteiger charge is -2.04. The second kappa shape index (κ2) is 3.63. The Bertz CT molecular complexity index is 335. The second-order valence-electron chi connectivity index (χ2n) is 4.82. The third-order valence-electron chi connectivity index (χ3n) is 3.88. The van der Waals surface area contributed by atoms with Gasteiger partial charge in [0, 0.05) is 5.92 Å². The molecule has 1 aromatic rings. The molecule has 0 bridgehead atoms. The maximum atomic E-state index is 5.77. The van der Waals surface area contributed by atoms with Gasteiger partial charge in [0.1, 0.15) is 5.76 Å². The Balaban J connectivity index is 1.71. The molecule has 1 aromatic heterocycles. The highest BCUT2D eigenvalue weighted by molar-refractivity contribution is 5.18. The number of nitrogens with zero attached hydrogens (tertiary/aromatic N) is 1. The van der Waals surface area contributed by atoms with Gasteiger partial charge in [0.05, 0.1) is 12.7 Å². The highest BCUT2D eigenvalue weighted by Crippen LogP contribution is 2.61. The SMILES string of the molecule is CNCc1ncc(C2C3CCCCC32)o1. The van der Waals surface area contributed by atoms with E-state index in [0.717, 1.165) is 30.0 Å². The predicted octanol–water partition coefficient (Wildman–Crippen LogP) is 2.30. The topological polar surface area (TPSA) is 38.1 Å². The molecule has 2 saturated carbocycles. The first-order chi connectivity index (χ1) is 7.40. The van der Waals surface area contributed by atoms with Crippen LogP contribution < -0.4 is 5.32 Å². The molecule has 0 amide bonds. The summed E-state index contributed by atoms with van der Waals surface area (Å²) in [5.74, 6) is 4.49. The van der Waals surface area contributed by atoms with Crippen molar-refractivity contribution in [2.24, 2.45) is 11.8 Å². The Kier molecular flexibility index (Phi) is 2.28. The van der Waals surface area contributed by atoms with Gasteiger partial charge in [0.25, 0.3) is 0 Å². The van der Waals surface area contributed by atoms with E-state index in [9.17, 15) is 0 Å². The van der Waals surface area contributed by atoms with E-state index in [1.165, 1.54) is 25.7 Å². The zero-order chi connectivity index (χ0) is 10.3. The van der Waals surface area contributed by atoms with E-state index in [1.807, 2.05) is 13.2 Å². The number of hydrogen-bond donors (Lipinski definition) is 1. The molecule has 2 aliphatic carbocycles. The van der Waals surface area contributed by atoms with Crippen LogP contribution in [0.3, 0.4) is 0 Å². The van der Waals surface area contributed by atoms with Gasteiger partial charge in [-0.3, -0.25) is 0 Å². The lowest BCUT2D eigenvalue weighted by Crippen LogP contribution is -2.04. The van der Waals surface area contributed by atoms with E-state index in [-0.39, 0.29) is 0 Å². The molecule has 2 aliphatic rings. The van der Waals surface area contributed by atoms with E-state index >= 15 is 0 Å². The minimum Gasteiger partial charge on any atom is -0.444 e. The van der Waals surface area contributed by atoms with Crippen molar-refractivity contribution in [3.05, 3.63) is 17.8 Å². The Labute approximate surface area is 90.3 Å². The molecule has 0 saturated heterocycles. The number of rotatable bonds is 3. The van der Waals surface area contributed by atoms with Crippen LogP contribution in [0.4, 0.5) is 0 Å². The van der Waals surface area contributed by atoms with Gasteiger partial charge in [0.2, 0.25) is 5.89 Å². The van der Waals surface area contributed by atoms with Crippen molar-refractivity contribution in [1.29, 1.82) is 0 Å². The zero-order valence-corrected chi connectivity index (χ0v) is 9.20. The van der Waals surface area contributed by atoms with Crippen LogP contribution in [-0.4, -0.2) is 12.0 Å². The first-order valence-corrected chi connectivity index (χ1v) is 5.99. The smallest absolute Gasteiger partial charge is 0.208 e. The van der Waals surface area contributed by atoms with Crippen LogP contribution in [-0.2, 0) is 6.54 Å². The predicted molar refractivity (Wildman–Crippen MR) is 57.5 cm³/mol. The van der Waals surface area contributed by atoms with Gasteiger partial charge < -0.3 is 9.73 Å². The third kappa shape index (κ3) is 1.59. The van der Waals surface area contributed by atoms with Crippen molar-refractivity contribution >= 4 is 0 Å². The Hall–Kier alpha value is -0.830. The van der Waals surface area contributed by atoms with E-state index in [2.05, 4.69) is 10.3 Å². The highest BCUT2D eigenvalue weighted by Gasteiger charge is 2.53. The number of aromatic nitrogens is 1. The second-order valence-corrected chi connectivity index (χ2v) is 4.82. The van der Waals surface area contributed by atoms with Crippen LogP contribution in [0.1, 0.15) is 43.3 Å². The van der Waals surface area contributed by atoms with Gasteiger partial charge in [-0.05, 0) is 31.7 Å². The summed E-state index contributed by atoms with van der Waals surface area (Å²) in [5.41, 5.74) is 0. The van der Waals surface area contributed by atoms with E-state index < -0.39 is 0 Å². The monoisotopic (exact) mass is 206 g/mol. The first-order valence-electron chi connectivity index (χ1n) is 5.99. The van der Waals surface area contributed by atoms with Crippen LogP contribution in [0.5, 0.6) is 0 Å². The van der Waals surface area contributed by atoms with Crippen molar-refractivity contribution in [3.63, 3.8) is 0 Å². The van der Waals surface area contributed by atoms with E-state index in [0.29, 0.717) is 5.92 Å². The number of hydrogen-bond acceptors (Lipinski definition) is 3. The van der Waals surface area contributed by atoms with Gasteiger partial charge in [-0.15, -0.1) is 0 Å². The molecule has 1 N–H and O–H groups in total. The molecule has 2 atom stereocenters. The summed E-state index contributed by atoms with van der Waals surface area (Å²) < 4.78 is 5.77. The van der Waals surface area contributed by atoms with Gasteiger partial charge in [-0.1, -0.05) is 12.8 Å². The summed E-state index contributed by atoms with van der Waals surface area (Å²) in [5, 5.41) is 3.06. The van der Waals surface area contributed by atoms with Crippen molar-refractivity contribution in [1.82, 2.24) is 10.3 Å². The molecule has 3 rings (SSSR count). The van der Waals surface area contributed by atoms with Gasteiger partial charge in [0.15, 0.2) is 0 Å². The molecule has 82 valence electrons. The Morgan fingerprint density at radius 3 is 2.80 bits per heavy atom. The maximum absolute atomic E-state index is 5.77. The maximum Gasteiger partial charge on any atom is 0.208 e. The van der Waals surface area contributed by atoms with Crippen molar-refractivity contribution < 1.29 is 4.42 Å². The average molecular weight is 206 g/mol. The van der Waals surface area contributed by atoms with Crippen LogP contribution in [0, 0.1) is 11.8 Å². The number of oxazole rings is 1. The minimum atomic E-state index is 0.700. The van der Waals surface area contributed by atoms with E-state index in [4.69, 9.17) is 4.42 Å². The lowest BCUT2D eigenvalue weighted by molar-refractivity contribution is 0.438. The summed E-state index contributed by atoms with van der Waals surface area (Å²) in [6.07, 6.45) is 7.56. The number of nitrogens with one attached hydrogen (secondary N) is 1. The molecule has 1 heterocycles. The fourth-order valence-electron chi connectivity index (χ4n) is 3.13. The summed E-state index contributed by atoms with van der Waals surface area (Å²) >= 11 is 0. The summed E-state index contributed by atoms with van der Waals surface area (Å²) in [4.78, 5) is 4.30. The largest absolute Gasteiger partial charge is 0.444 e. The minimum absolute atomic E-state index is 0.700. The Morgan fingerprint density at radius 1 is 1.40 bits per heavy atom. The van der Waals surface area contributed by atoms with E-state index in [1.54, 1.807) is 0 Å². The molecule has 3 heteroatoms. The van der Waals surface area contributed by atoms with Crippen molar-refractivity contribution in [2.45, 2.75) is 38.1 Å². The molecule has 0 aliphatic heterocycles. The molecule has 0 radical (unpaired) electrons. The highest BCUT2D eigenvalue weighted by atomic mass is 16.4. The fourth-order valence-corrected chi connectivity index (χ4v) is 3.13. The van der Waals surface area contributed by atoms with Gasteiger partial charge >= 0.3 is 0 Å². The molecule has 0 spiro atoms. The molecular formula is C12H18N2O. The molecule has 2 fully saturated rings. The molecule has 15 heavy (non-hydrogen) atoms. The Morgan fingerprint density at radius 2 is 2.13 bits per heavy atom. The third-order valence-corrected chi connectivity index (χ3v) is 3.88. The average Bonchev–Trinajstić information content (AvgIpc) is 2.82. The standard InChI is InChI=1S/C12H18N2O/c1-13-7-11-14-6-10(15-11)12-8-4-2-3-5-9(8)12/h6,8-9,12-13H,2-5,7H2,1H3. The fraction of sp³-hybridized carbons (Fsp3) is 0.750.